The van der Waals surface area contributed by atoms with Gasteiger partial charge in [-0.05, 0) is 54.4 Å². The number of carbonyl (C=O) groups is 2. The van der Waals surface area contributed by atoms with E-state index in [4.69, 9.17) is 27.9 Å². The molecule has 33 heavy (non-hydrogen) atoms. The van der Waals surface area contributed by atoms with E-state index in [2.05, 4.69) is 5.32 Å². The van der Waals surface area contributed by atoms with Crippen molar-refractivity contribution in [3.05, 3.63) is 99.8 Å². The van der Waals surface area contributed by atoms with Crippen molar-refractivity contribution in [1.82, 2.24) is 10.2 Å². The fourth-order valence-corrected chi connectivity index (χ4v) is 3.58. The molecule has 0 radical (unpaired) electrons. The second kappa shape index (κ2) is 11.7. The molecular weight excluding hydrogens is 466 g/mol. The van der Waals surface area contributed by atoms with Crippen molar-refractivity contribution in [3.8, 4) is 5.75 Å². The number of rotatable bonds is 9. The number of ether oxygens (including phenoxy) is 1. The van der Waals surface area contributed by atoms with Gasteiger partial charge in [0, 0.05) is 23.1 Å². The average molecular weight is 489 g/mol. The summed E-state index contributed by atoms with van der Waals surface area (Å²) in [6, 6.07) is 18.9. The lowest BCUT2D eigenvalue weighted by molar-refractivity contribution is -0.142. The van der Waals surface area contributed by atoms with Gasteiger partial charge < -0.3 is 15.0 Å². The van der Waals surface area contributed by atoms with Gasteiger partial charge in [0.1, 0.15) is 17.6 Å². The molecule has 3 aromatic carbocycles. The number of para-hydroxylation sites is 1. The number of hydrogen-bond donors (Lipinski definition) is 1. The Bertz CT molecular complexity index is 1090. The fraction of sp³-hybridized carbons (Fsp3) is 0.200. The lowest BCUT2D eigenvalue weighted by Gasteiger charge is -2.29. The summed E-state index contributed by atoms with van der Waals surface area (Å²) in [6.45, 7) is 1.68. The molecule has 0 unspecified atom stereocenters. The third-order valence-corrected chi connectivity index (χ3v) is 5.59. The SMILES string of the molecule is C[C@H](C(=O)NCc1ccc(Cl)cc1Cl)N(Cc1ccc(F)cc1)C(=O)COc1ccccc1. The zero-order valence-corrected chi connectivity index (χ0v) is 19.4. The Morgan fingerprint density at radius 1 is 1.03 bits per heavy atom. The normalized spacial score (nSPS) is 11.5. The van der Waals surface area contributed by atoms with E-state index in [1.807, 2.05) is 6.07 Å². The van der Waals surface area contributed by atoms with E-state index in [0.29, 0.717) is 26.9 Å². The number of amides is 2. The summed E-state index contributed by atoms with van der Waals surface area (Å²) in [4.78, 5) is 27.3. The van der Waals surface area contributed by atoms with Crippen LogP contribution in [0.4, 0.5) is 4.39 Å². The molecule has 3 rings (SSSR count). The molecule has 5 nitrogen and oxygen atoms in total. The zero-order chi connectivity index (χ0) is 23.8. The quantitative estimate of drug-likeness (QED) is 0.447. The molecule has 0 bridgehead atoms. The summed E-state index contributed by atoms with van der Waals surface area (Å²) in [5, 5.41) is 3.74. The third-order valence-electron chi connectivity index (χ3n) is 5.01. The van der Waals surface area contributed by atoms with E-state index in [1.54, 1.807) is 61.5 Å². The molecule has 0 spiro atoms. The van der Waals surface area contributed by atoms with Gasteiger partial charge in [0.25, 0.3) is 5.91 Å². The van der Waals surface area contributed by atoms with Crippen molar-refractivity contribution >= 4 is 35.0 Å². The van der Waals surface area contributed by atoms with Gasteiger partial charge in [-0.3, -0.25) is 9.59 Å². The summed E-state index contributed by atoms with van der Waals surface area (Å²) in [5.41, 5.74) is 1.38. The highest BCUT2D eigenvalue weighted by Crippen LogP contribution is 2.21. The first-order valence-corrected chi connectivity index (χ1v) is 11.0. The summed E-state index contributed by atoms with van der Waals surface area (Å²) in [6.07, 6.45) is 0. The first-order valence-electron chi connectivity index (χ1n) is 10.3. The van der Waals surface area contributed by atoms with Crippen LogP contribution in [0.2, 0.25) is 10.0 Å². The van der Waals surface area contributed by atoms with Crippen molar-refractivity contribution in [3.63, 3.8) is 0 Å². The van der Waals surface area contributed by atoms with Crippen LogP contribution in [-0.2, 0) is 22.7 Å². The van der Waals surface area contributed by atoms with Gasteiger partial charge in [0.2, 0.25) is 5.91 Å². The molecule has 0 aliphatic rings. The molecule has 0 aromatic heterocycles. The highest BCUT2D eigenvalue weighted by Gasteiger charge is 2.26. The van der Waals surface area contributed by atoms with Gasteiger partial charge in [-0.25, -0.2) is 4.39 Å². The average Bonchev–Trinajstić information content (AvgIpc) is 2.81. The highest BCUT2D eigenvalue weighted by molar-refractivity contribution is 6.35. The van der Waals surface area contributed by atoms with Crippen molar-refractivity contribution in [2.45, 2.75) is 26.1 Å². The van der Waals surface area contributed by atoms with E-state index >= 15 is 0 Å². The van der Waals surface area contributed by atoms with Gasteiger partial charge in [-0.15, -0.1) is 0 Å². The molecule has 3 aromatic rings. The topological polar surface area (TPSA) is 58.6 Å². The van der Waals surface area contributed by atoms with Crippen LogP contribution in [0.5, 0.6) is 5.75 Å². The fourth-order valence-electron chi connectivity index (χ4n) is 3.11. The van der Waals surface area contributed by atoms with E-state index < -0.39 is 6.04 Å². The largest absolute Gasteiger partial charge is 0.484 e. The predicted octanol–water partition coefficient (Wildman–Crippen LogP) is 5.25. The van der Waals surface area contributed by atoms with Gasteiger partial charge in [0.05, 0.1) is 0 Å². The molecule has 0 aliphatic carbocycles. The molecule has 172 valence electrons. The minimum atomic E-state index is -0.812. The van der Waals surface area contributed by atoms with Crippen LogP contribution in [0.3, 0.4) is 0 Å². The minimum Gasteiger partial charge on any atom is -0.484 e. The van der Waals surface area contributed by atoms with E-state index in [-0.39, 0.29) is 37.3 Å². The highest BCUT2D eigenvalue weighted by atomic mass is 35.5. The molecule has 2 amide bonds. The number of nitrogens with zero attached hydrogens (tertiary/aromatic N) is 1. The van der Waals surface area contributed by atoms with Crippen LogP contribution in [0, 0.1) is 5.82 Å². The van der Waals surface area contributed by atoms with Crippen LogP contribution in [0.25, 0.3) is 0 Å². The van der Waals surface area contributed by atoms with E-state index in [1.165, 1.54) is 17.0 Å². The molecule has 0 saturated heterocycles. The van der Waals surface area contributed by atoms with Crippen molar-refractivity contribution in [2.75, 3.05) is 6.61 Å². The number of benzene rings is 3. The lowest BCUT2D eigenvalue weighted by atomic mass is 10.1. The predicted molar refractivity (Wildman–Crippen MR) is 127 cm³/mol. The summed E-state index contributed by atoms with van der Waals surface area (Å²) < 4.78 is 18.9. The number of hydrogen-bond acceptors (Lipinski definition) is 3. The molecule has 0 heterocycles. The Hall–Kier alpha value is -3.09. The molecule has 1 N–H and O–H groups in total. The summed E-state index contributed by atoms with van der Waals surface area (Å²) >= 11 is 12.1. The Morgan fingerprint density at radius 3 is 2.39 bits per heavy atom. The maximum atomic E-state index is 13.3. The minimum absolute atomic E-state index is 0.119. The Labute approximate surface area is 202 Å². The van der Waals surface area contributed by atoms with Crippen molar-refractivity contribution in [2.24, 2.45) is 0 Å². The monoisotopic (exact) mass is 488 g/mol. The number of carbonyl (C=O) groups excluding carboxylic acids is 2. The maximum Gasteiger partial charge on any atom is 0.261 e. The summed E-state index contributed by atoms with van der Waals surface area (Å²) in [5.74, 6) is -0.580. The van der Waals surface area contributed by atoms with Crippen molar-refractivity contribution in [1.29, 1.82) is 0 Å². The Kier molecular flexibility index (Phi) is 8.69. The van der Waals surface area contributed by atoms with Gasteiger partial charge >= 0.3 is 0 Å². The van der Waals surface area contributed by atoms with Crippen LogP contribution >= 0.6 is 23.2 Å². The Balaban J connectivity index is 1.70. The maximum absolute atomic E-state index is 13.3. The zero-order valence-electron chi connectivity index (χ0n) is 17.9. The smallest absolute Gasteiger partial charge is 0.261 e. The van der Waals surface area contributed by atoms with Gasteiger partial charge in [-0.1, -0.05) is 59.6 Å². The van der Waals surface area contributed by atoms with Crippen LogP contribution in [-0.4, -0.2) is 29.4 Å². The standard InChI is InChI=1S/C25H23Cl2FN2O3/c1-17(25(32)29-14-19-9-10-20(26)13-23(19)27)30(15-18-7-11-21(28)12-8-18)24(31)16-33-22-5-3-2-4-6-22/h2-13,17H,14-16H2,1H3,(H,29,32)/t17-/m1/s1. The molecule has 1 atom stereocenters. The first kappa shape index (κ1) is 24.6. The second-order valence-corrected chi connectivity index (χ2v) is 8.22. The van der Waals surface area contributed by atoms with Crippen LogP contribution < -0.4 is 10.1 Å². The number of halogens is 3. The van der Waals surface area contributed by atoms with E-state index in [9.17, 15) is 14.0 Å². The van der Waals surface area contributed by atoms with Crippen LogP contribution in [0.15, 0.2) is 72.8 Å². The third kappa shape index (κ3) is 7.20. The first-order chi connectivity index (χ1) is 15.8. The molecule has 0 saturated carbocycles. The molecule has 0 aliphatic heterocycles. The van der Waals surface area contributed by atoms with Crippen molar-refractivity contribution < 1.29 is 18.7 Å². The molecule has 0 fully saturated rings. The molecule has 8 heteroatoms. The van der Waals surface area contributed by atoms with E-state index in [0.717, 1.165) is 0 Å². The van der Waals surface area contributed by atoms with Gasteiger partial charge in [-0.2, -0.15) is 0 Å². The Morgan fingerprint density at radius 2 is 1.73 bits per heavy atom. The lowest BCUT2D eigenvalue weighted by Crippen LogP contribution is -2.48. The summed E-state index contributed by atoms with van der Waals surface area (Å²) in [7, 11) is 0. The van der Waals surface area contributed by atoms with Crippen LogP contribution in [0.1, 0.15) is 18.1 Å². The molecular formula is C25H23Cl2FN2O3. The number of nitrogens with one attached hydrogen (secondary N) is 1. The van der Waals surface area contributed by atoms with Gasteiger partial charge in [0.15, 0.2) is 6.61 Å². The second-order valence-electron chi connectivity index (χ2n) is 7.38.